The second-order valence-corrected chi connectivity index (χ2v) is 10.5. The molecule has 8 heteroatoms. The Morgan fingerprint density at radius 1 is 1.03 bits per heavy atom. The smallest absolute Gasteiger partial charge is 0.338 e. The lowest BCUT2D eigenvalue weighted by Gasteiger charge is -2.35. The van der Waals surface area contributed by atoms with Crippen LogP contribution in [0.3, 0.4) is 0 Å². The van der Waals surface area contributed by atoms with Crippen LogP contribution in [0.1, 0.15) is 80.1 Å². The molecule has 1 aliphatic carbocycles. The molecule has 0 spiro atoms. The first-order valence-electron chi connectivity index (χ1n) is 13.7. The van der Waals surface area contributed by atoms with E-state index in [1.807, 2.05) is 19.9 Å². The van der Waals surface area contributed by atoms with Gasteiger partial charge in [0.25, 0.3) is 5.78 Å². The zero-order valence-corrected chi connectivity index (χ0v) is 22.3. The standard InChI is InChI=1S/C29H37N5O3/c1-5-21-14-19(15-22(6-2)31-21)11-12-24-26(20-9-7-8-10-20)27(35)23(28(36)37-24)16-25-32-29-30-17(3)13-18(4)34(29)33-25/h13-15,20,24,26,35H,5-12,16H2,1-4H3/t24?,26-/m1/s1. The van der Waals surface area contributed by atoms with Gasteiger partial charge in [-0.3, -0.25) is 4.98 Å². The van der Waals surface area contributed by atoms with Crippen LogP contribution in [0.15, 0.2) is 29.5 Å². The summed E-state index contributed by atoms with van der Waals surface area (Å²) in [4.78, 5) is 26.9. The van der Waals surface area contributed by atoms with E-state index < -0.39 is 5.97 Å². The molecule has 0 radical (unpaired) electrons. The largest absolute Gasteiger partial charge is 0.511 e. The molecule has 196 valence electrons. The van der Waals surface area contributed by atoms with E-state index >= 15 is 0 Å². The minimum absolute atomic E-state index is 0.131. The molecule has 5 rings (SSSR count). The third-order valence-electron chi connectivity index (χ3n) is 7.87. The monoisotopic (exact) mass is 503 g/mol. The van der Waals surface area contributed by atoms with Crippen LogP contribution in [0.2, 0.25) is 0 Å². The number of aliphatic hydroxyl groups is 1. The van der Waals surface area contributed by atoms with Crippen LogP contribution in [-0.2, 0) is 35.2 Å². The number of rotatable bonds is 8. The van der Waals surface area contributed by atoms with Crippen LogP contribution >= 0.6 is 0 Å². The maximum absolute atomic E-state index is 13.2. The van der Waals surface area contributed by atoms with Gasteiger partial charge in [0.2, 0.25) is 0 Å². The SMILES string of the molecule is CCc1cc(CCC2OC(=O)C(Cc3nc4nc(C)cc(C)n4n3)=C(O)[C@@H]2C2CCCC2)cc(CC)n1. The third-order valence-corrected chi connectivity index (χ3v) is 7.87. The maximum atomic E-state index is 13.2. The maximum Gasteiger partial charge on any atom is 0.338 e. The second-order valence-electron chi connectivity index (χ2n) is 10.5. The topological polar surface area (TPSA) is 102 Å². The number of pyridine rings is 1. The lowest BCUT2D eigenvalue weighted by molar-refractivity contribution is -0.152. The van der Waals surface area contributed by atoms with Crippen molar-refractivity contribution in [3.05, 3.63) is 63.7 Å². The Balaban J connectivity index is 1.41. The molecule has 1 unspecified atom stereocenters. The van der Waals surface area contributed by atoms with E-state index in [0.29, 0.717) is 23.9 Å². The number of hydrogen-bond donors (Lipinski definition) is 1. The number of nitrogens with zero attached hydrogens (tertiary/aromatic N) is 5. The number of fused-ring (bicyclic) bond motifs is 1. The van der Waals surface area contributed by atoms with Gasteiger partial charge < -0.3 is 9.84 Å². The van der Waals surface area contributed by atoms with Crippen LogP contribution < -0.4 is 0 Å². The quantitative estimate of drug-likeness (QED) is 0.433. The van der Waals surface area contributed by atoms with E-state index in [0.717, 1.165) is 67.7 Å². The van der Waals surface area contributed by atoms with Crippen molar-refractivity contribution in [2.75, 3.05) is 0 Å². The number of carbonyl (C=O) groups is 1. The third kappa shape index (κ3) is 5.24. The summed E-state index contributed by atoms with van der Waals surface area (Å²) in [6, 6.07) is 6.25. The molecule has 2 aliphatic rings. The first kappa shape index (κ1) is 25.4. The predicted molar refractivity (Wildman–Crippen MR) is 140 cm³/mol. The fraction of sp³-hybridized carbons (Fsp3) is 0.552. The van der Waals surface area contributed by atoms with Crippen molar-refractivity contribution in [1.82, 2.24) is 24.6 Å². The van der Waals surface area contributed by atoms with Crippen molar-refractivity contribution in [3.63, 3.8) is 0 Å². The van der Waals surface area contributed by atoms with Crippen LogP contribution in [0.4, 0.5) is 0 Å². The minimum Gasteiger partial charge on any atom is -0.511 e. The molecule has 2 atom stereocenters. The van der Waals surface area contributed by atoms with Crippen molar-refractivity contribution in [1.29, 1.82) is 0 Å². The van der Waals surface area contributed by atoms with Crippen LogP contribution in [0, 0.1) is 25.7 Å². The van der Waals surface area contributed by atoms with E-state index in [9.17, 15) is 9.90 Å². The fourth-order valence-electron chi connectivity index (χ4n) is 5.98. The molecule has 8 nitrogen and oxygen atoms in total. The summed E-state index contributed by atoms with van der Waals surface area (Å²) in [5.74, 6) is 0.785. The number of cyclic esters (lactones) is 1. The van der Waals surface area contributed by atoms with Crippen LogP contribution in [0.5, 0.6) is 0 Å². The number of aliphatic hydroxyl groups excluding tert-OH is 1. The Kier molecular flexibility index (Phi) is 7.26. The molecule has 0 saturated heterocycles. The number of carbonyl (C=O) groups excluding carboxylic acids is 1. The zero-order valence-electron chi connectivity index (χ0n) is 22.3. The highest BCUT2D eigenvalue weighted by atomic mass is 16.5. The van der Waals surface area contributed by atoms with Crippen molar-refractivity contribution in [3.8, 4) is 0 Å². The molecule has 0 bridgehead atoms. The van der Waals surface area contributed by atoms with E-state index in [1.165, 1.54) is 5.56 Å². The molecule has 0 amide bonds. The first-order valence-corrected chi connectivity index (χ1v) is 13.7. The number of aryl methyl sites for hydroxylation is 5. The number of esters is 1. The van der Waals surface area contributed by atoms with E-state index in [-0.39, 0.29) is 29.8 Å². The molecule has 37 heavy (non-hydrogen) atoms. The van der Waals surface area contributed by atoms with Gasteiger partial charge >= 0.3 is 5.97 Å². The summed E-state index contributed by atoms with van der Waals surface area (Å²) < 4.78 is 7.74. The molecule has 4 heterocycles. The van der Waals surface area contributed by atoms with Crippen molar-refractivity contribution < 1.29 is 14.6 Å². The zero-order chi connectivity index (χ0) is 26.1. The number of aromatic nitrogens is 5. The summed E-state index contributed by atoms with van der Waals surface area (Å²) in [6.07, 6.45) is 7.40. The van der Waals surface area contributed by atoms with Gasteiger partial charge in [0.05, 0.1) is 11.5 Å². The summed E-state index contributed by atoms with van der Waals surface area (Å²) in [7, 11) is 0. The van der Waals surface area contributed by atoms with Crippen molar-refractivity contribution in [2.24, 2.45) is 11.8 Å². The van der Waals surface area contributed by atoms with Crippen LogP contribution in [0.25, 0.3) is 5.78 Å². The summed E-state index contributed by atoms with van der Waals surface area (Å²) in [5, 5.41) is 16.1. The average Bonchev–Trinajstić information content (AvgIpc) is 3.55. The summed E-state index contributed by atoms with van der Waals surface area (Å²) >= 11 is 0. The highest BCUT2D eigenvalue weighted by Gasteiger charge is 2.43. The Hall–Kier alpha value is -3.29. The second kappa shape index (κ2) is 10.6. The number of hydrogen-bond acceptors (Lipinski definition) is 7. The van der Waals surface area contributed by atoms with Crippen LogP contribution in [-0.4, -0.2) is 41.7 Å². The molecule has 1 fully saturated rings. The Bertz CT molecular complexity index is 1320. The van der Waals surface area contributed by atoms with Gasteiger partial charge in [0, 0.05) is 29.2 Å². The minimum atomic E-state index is -0.463. The van der Waals surface area contributed by atoms with Gasteiger partial charge in [-0.1, -0.05) is 26.7 Å². The molecule has 3 aromatic rings. The average molecular weight is 504 g/mol. The molecule has 1 N–H and O–H groups in total. The lowest BCUT2D eigenvalue weighted by Crippen LogP contribution is -2.39. The lowest BCUT2D eigenvalue weighted by atomic mass is 9.79. The predicted octanol–water partition coefficient (Wildman–Crippen LogP) is 4.98. The van der Waals surface area contributed by atoms with E-state index in [2.05, 4.69) is 41.0 Å². The van der Waals surface area contributed by atoms with E-state index in [4.69, 9.17) is 9.72 Å². The Labute approximate surface area is 218 Å². The number of ether oxygens (including phenoxy) is 1. The van der Waals surface area contributed by atoms with Gasteiger partial charge in [-0.2, -0.15) is 4.98 Å². The molecule has 3 aromatic heterocycles. The van der Waals surface area contributed by atoms with Gasteiger partial charge in [-0.25, -0.2) is 14.3 Å². The van der Waals surface area contributed by atoms with Crippen molar-refractivity contribution in [2.45, 2.75) is 91.6 Å². The van der Waals surface area contributed by atoms with Crippen molar-refractivity contribution >= 4 is 11.7 Å². The normalized spacial score (nSPS) is 20.7. The van der Waals surface area contributed by atoms with Gasteiger partial charge in [-0.05, 0) is 82.1 Å². The van der Waals surface area contributed by atoms with Gasteiger partial charge in [-0.15, -0.1) is 5.10 Å². The van der Waals surface area contributed by atoms with E-state index in [1.54, 1.807) is 4.52 Å². The van der Waals surface area contributed by atoms with Gasteiger partial charge in [0.15, 0.2) is 5.82 Å². The molecule has 1 saturated carbocycles. The molecule has 1 aliphatic heterocycles. The van der Waals surface area contributed by atoms with Gasteiger partial charge in [0.1, 0.15) is 11.9 Å². The summed E-state index contributed by atoms with van der Waals surface area (Å²) in [6.45, 7) is 8.09. The Morgan fingerprint density at radius 2 is 1.73 bits per heavy atom. The highest BCUT2D eigenvalue weighted by molar-refractivity contribution is 5.90. The summed E-state index contributed by atoms with van der Waals surface area (Å²) in [5.41, 5.74) is 5.45. The first-order chi connectivity index (χ1) is 17.9. The Morgan fingerprint density at radius 3 is 2.41 bits per heavy atom. The molecule has 0 aromatic carbocycles. The molecular weight excluding hydrogens is 466 g/mol. The molecular formula is C29H37N5O3. The highest BCUT2D eigenvalue weighted by Crippen LogP contribution is 2.42. The fourth-order valence-corrected chi connectivity index (χ4v) is 5.98.